The molecule has 3 atom stereocenters. The molecule has 3 fully saturated rings. The maximum atomic E-state index is 16.1. The molecular weight excluding hydrogens is 651 g/mol. The number of alkyl carbamates (subject to hydrolysis) is 1. The first-order valence-electron chi connectivity index (χ1n) is 18.2. The van der Waals surface area contributed by atoms with Gasteiger partial charge in [0.2, 0.25) is 0 Å². The lowest BCUT2D eigenvalue weighted by atomic mass is 10.1. The molecular formula is C39H47FN6O5. The number of imidazole rings is 1. The van der Waals surface area contributed by atoms with E-state index in [1.807, 2.05) is 41.5 Å². The highest BCUT2D eigenvalue weighted by molar-refractivity contribution is 6.05. The third kappa shape index (κ3) is 6.00. The number of amides is 3. The smallest absolute Gasteiger partial charge is 0.414 e. The molecule has 0 radical (unpaired) electrons. The van der Waals surface area contributed by atoms with Crippen molar-refractivity contribution in [3.05, 3.63) is 47.3 Å². The van der Waals surface area contributed by atoms with Crippen molar-refractivity contribution in [1.29, 1.82) is 0 Å². The summed E-state index contributed by atoms with van der Waals surface area (Å²) in [5.74, 6) is 0.413. The third-order valence-electron chi connectivity index (χ3n) is 10.7. The fourth-order valence-corrected chi connectivity index (χ4v) is 8.37. The van der Waals surface area contributed by atoms with E-state index in [1.165, 1.54) is 6.07 Å². The van der Waals surface area contributed by atoms with Gasteiger partial charge in [0.15, 0.2) is 5.82 Å². The molecule has 2 aliphatic heterocycles. The van der Waals surface area contributed by atoms with Gasteiger partial charge < -0.3 is 28.8 Å². The zero-order valence-corrected chi connectivity index (χ0v) is 30.5. The van der Waals surface area contributed by atoms with Crippen LogP contribution in [0.2, 0.25) is 0 Å². The van der Waals surface area contributed by atoms with Crippen molar-refractivity contribution in [1.82, 2.24) is 24.3 Å². The van der Waals surface area contributed by atoms with Crippen molar-refractivity contribution in [2.75, 3.05) is 18.0 Å². The number of nitrogens with zero attached hydrogens (tertiary/aromatic N) is 5. The van der Waals surface area contributed by atoms with Crippen LogP contribution in [0.4, 0.5) is 19.7 Å². The fourth-order valence-electron chi connectivity index (χ4n) is 8.37. The van der Waals surface area contributed by atoms with E-state index in [4.69, 9.17) is 14.5 Å². The number of ether oxygens (including phenoxy) is 2. The van der Waals surface area contributed by atoms with Crippen LogP contribution in [0.3, 0.4) is 0 Å². The quantitative estimate of drug-likeness (QED) is 0.237. The minimum absolute atomic E-state index is 0.113. The number of likely N-dealkylation sites (tertiary alicyclic amines) is 1. The number of piperidine rings is 1. The predicted octanol–water partition coefficient (Wildman–Crippen LogP) is 7.17. The second kappa shape index (κ2) is 11.7. The molecule has 11 nitrogen and oxygen atoms in total. The Morgan fingerprint density at radius 2 is 1.71 bits per heavy atom. The molecule has 8 rings (SSSR count). The lowest BCUT2D eigenvalue weighted by Crippen LogP contribution is -2.46. The Kier molecular flexibility index (Phi) is 7.70. The normalized spacial score (nSPS) is 21.5. The van der Waals surface area contributed by atoms with Crippen LogP contribution in [0, 0.1) is 17.7 Å². The number of hydrogen-bond acceptors (Lipinski definition) is 6. The van der Waals surface area contributed by atoms with Gasteiger partial charge in [0, 0.05) is 37.6 Å². The Hall–Kier alpha value is -4.61. The standard InChI is InChI=1S/C39H47FN6O5/c1-38(2,3)50-36(48)42-30-24-12-13-28(30)46(20-24)35(47)25-16-26(40)33-27(17-25)41-34(43(33)7)29-18-23-11-10-22-14-15-44(37(49)51-39(4,5)6)31(22)32(23)45(29)19-21-8-9-21/h10-11,16-18,21,24,28,30H,8-9,12-15,19-20H2,1-7H3,(H,42,48)/t24-,28-,30-/m1/s1. The zero-order valence-electron chi connectivity index (χ0n) is 30.5. The van der Waals surface area contributed by atoms with Crippen LogP contribution < -0.4 is 10.2 Å². The van der Waals surface area contributed by atoms with Gasteiger partial charge in [0.1, 0.15) is 22.5 Å². The number of benzene rings is 2. The maximum absolute atomic E-state index is 16.1. The molecule has 2 bridgehead atoms. The van der Waals surface area contributed by atoms with E-state index < -0.39 is 23.1 Å². The van der Waals surface area contributed by atoms with Crippen LogP contribution in [0.1, 0.15) is 83.1 Å². The van der Waals surface area contributed by atoms with Gasteiger partial charge >= 0.3 is 12.2 Å². The Balaban J connectivity index is 1.14. The molecule has 4 heterocycles. The summed E-state index contributed by atoms with van der Waals surface area (Å²) in [5, 5.41) is 3.97. The molecule has 1 N–H and O–H groups in total. The SMILES string of the molecule is Cn1c(-c2cc3ccc4c(c3n2CC2CC2)N(C(=O)OC(C)(C)C)CC4)nc2cc(C(=O)N3C[C@H]4CC[C@@H]3[C@@H]4NC(=O)OC(C)(C)C)cc(F)c21. The average Bonchev–Trinajstić information content (AvgIpc) is 3.33. The van der Waals surface area contributed by atoms with Crippen molar-refractivity contribution in [2.45, 2.75) is 103 Å². The lowest BCUT2D eigenvalue weighted by Gasteiger charge is -2.28. The van der Waals surface area contributed by atoms with E-state index in [2.05, 4.69) is 28.1 Å². The van der Waals surface area contributed by atoms with Crippen molar-refractivity contribution in [3.63, 3.8) is 0 Å². The Morgan fingerprint density at radius 1 is 0.961 bits per heavy atom. The van der Waals surface area contributed by atoms with Crippen LogP contribution in [-0.4, -0.2) is 73.5 Å². The molecule has 51 heavy (non-hydrogen) atoms. The second-order valence-electron chi connectivity index (χ2n) is 16.8. The summed E-state index contributed by atoms with van der Waals surface area (Å²) in [6.07, 6.45) is 3.79. The number of carbonyl (C=O) groups excluding carboxylic acids is 3. The van der Waals surface area contributed by atoms with Gasteiger partial charge in [-0.1, -0.05) is 12.1 Å². The van der Waals surface area contributed by atoms with Gasteiger partial charge in [-0.3, -0.25) is 9.69 Å². The van der Waals surface area contributed by atoms with Gasteiger partial charge in [-0.25, -0.2) is 19.0 Å². The molecule has 2 saturated carbocycles. The molecule has 270 valence electrons. The molecule has 2 aromatic carbocycles. The van der Waals surface area contributed by atoms with Crippen molar-refractivity contribution in [2.24, 2.45) is 18.9 Å². The minimum Gasteiger partial charge on any atom is -0.444 e. The maximum Gasteiger partial charge on any atom is 0.414 e. The van der Waals surface area contributed by atoms with E-state index in [1.54, 1.807) is 27.5 Å². The molecule has 4 aromatic rings. The van der Waals surface area contributed by atoms with Crippen LogP contribution in [0.5, 0.6) is 0 Å². The lowest BCUT2D eigenvalue weighted by molar-refractivity contribution is 0.0484. The van der Waals surface area contributed by atoms with E-state index in [0.717, 1.165) is 66.5 Å². The van der Waals surface area contributed by atoms with Gasteiger partial charge in [-0.05, 0) is 109 Å². The number of fused-ring (bicyclic) bond motifs is 6. The van der Waals surface area contributed by atoms with E-state index >= 15 is 4.39 Å². The van der Waals surface area contributed by atoms with Crippen LogP contribution in [-0.2, 0) is 29.5 Å². The first kappa shape index (κ1) is 33.5. The zero-order chi connectivity index (χ0) is 36.1. The molecule has 0 spiro atoms. The highest BCUT2D eigenvalue weighted by Crippen LogP contribution is 2.44. The monoisotopic (exact) mass is 698 g/mol. The third-order valence-corrected chi connectivity index (χ3v) is 10.7. The number of halogens is 1. The minimum atomic E-state index is -0.627. The van der Waals surface area contributed by atoms with E-state index in [9.17, 15) is 14.4 Å². The molecule has 4 aliphatic rings. The number of anilines is 1. The van der Waals surface area contributed by atoms with Gasteiger partial charge in [0.05, 0.1) is 34.5 Å². The largest absolute Gasteiger partial charge is 0.444 e. The number of aromatic nitrogens is 3. The number of rotatable bonds is 5. The summed E-state index contributed by atoms with van der Waals surface area (Å²) in [4.78, 5) is 48.5. The summed E-state index contributed by atoms with van der Waals surface area (Å²) in [5.41, 5.74) is 3.44. The Morgan fingerprint density at radius 3 is 2.41 bits per heavy atom. The van der Waals surface area contributed by atoms with Crippen molar-refractivity contribution >= 4 is 45.7 Å². The number of hydrogen-bond donors (Lipinski definition) is 1. The van der Waals surface area contributed by atoms with Crippen LogP contribution in [0.25, 0.3) is 33.5 Å². The van der Waals surface area contributed by atoms with Crippen molar-refractivity contribution < 1.29 is 28.2 Å². The molecule has 0 unspecified atom stereocenters. The van der Waals surface area contributed by atoms with E-state index in [0.29, 0.717) is 35.9 Å². The Labute approximate surface area is 297 Å². The second-order valence-corrected chi connectivity index (χ2v) is 16.8. The first-order chi connectivity index (χ1) is 24.1. The molecule has 3 amide bonds. The van der Waals surface area contributed by atoms with Crippen LogP contribution >= 0.6 is 0 Å². The molecule has 2 aromatic heterocycles. The summed E-state index contributed by atoms with van der Waals surface area (Å²) in [6.45, 7) is 12.8. The number of carbonyl (C=O) groups is 3. The number of nitrogens with one attached hydrogen (secondary N) is 1. The summed E-state index contributed by atoms with van der Waals surface area (Å²) in [7, 11) is 1.80. The molecule has 1 saturated heterocycles. The van der Waals surface area contributed by atoms with Gasteiger partial charge in [0.25, 0.3) is 5.91 Å². The van der Waals surface area contributed by atoms with E-state index in [-0.39, 0.29) is 35.6 Å². The highest BCUT2D eigenvalue weighted by Gasteiger charge is 2.50. The number of aryl methyl sites for hydroxylation is 1. The van der Waals surface area contributed by atoms with Crippen molar-refractivity contribution in [3.8, 4) is 11.5 Å². The summed E-state index contributed by atoms with van der Waals surface area (Å²) < 4.78 is 31.4. The summed E-state index contributed by atoms with van der Waals surface area (Å²) >= 11 is 0. The average molecular weight is 699 g/mol. The van der Waals surface area contributed by atoms with Gasteiger partial charge in [-0.2, -0.15) is 0 Å². The first-order valence-corrected chi connectivity index (χ1v) is 18.2. The van der Waals surface area contributed by atoms with Gasteiger partial charge in [-0.15, -0.1) is 0 Å². The highest BCUT2D eigenvalue weighted by atomic mass is 19.1. The van der Waals surface area contributed by atoms with Crippen LogP contribution in [0.15, 0.2) is 30.3 Å². The Bertz CT molecular complexity index is 2100. The topological polar surface area (TPSA) is 111 Å². The summed E-state index contributed by atoms with van der Waals surface area (Å²) in [6, 6.07) is 8.85. The molecule has 2 aliphatic carbocycles. The predicted molar refractivity (Wildman–Crippen MR) is 192 cm³/mol. The fraction of sp³-hybridized carbons (Fsp3) is 0.538. The molecule has 12 heteroatoms.